The largest absolute Gasteiger partial charge is 0.573 e. The van der Waals surface area contributed by atoms with Crippen LogP contribution < -0.4 is 30.7 Å². The van der Waals surface area contributed by atoms with Crippen molar-refractivity contribution in [3.8, 4) is 35.2 Å². The van der Waals surface area contributed by atoms with Gasteiger partial charge in [-0.1, -0.05) is 67.7 Å². The number of benzene rings is 6. The fourth-order valence-corrected chi connectivity index (χ4v) is 7.50. The third kappa shape index (κ3) is 18.6. The van der Waals surface area contributed by atoms with Crippen molar-refractivity contribution in [1.82, 2.24) is 4.72 Å². The van der Waals surface area contributed by atoms with Crippen molar-refractivity contribution in [3.05, 3.63) is 179 Å². The minimum absolute atomic E-state index is 0.0122. The van der Waals surface area contributed by atoms with Gasteiger partial charge in [0.2, 0.25) is 5.91 Å². The number of amides is 3. The molecule has 6 rings (SSSR count). The molecule has 0 bridgehead atoms. The van der Waals surface area contributed by atoms with Crippen LogP contribution in [0, 0.1) is 23.7 Å². The Labute approximate surface area is 408 Å². The number of nitrogens with two attached hydrogens (primary N) is 1. The molecule has 0 atom stereocenters. The summed E-state index contributed by atoms with van der Waals surface area (Å²) >= 11 is 0.851. The highest BCUT2D eigenvalue weighted by atomic mass is 32.2. The lowest BCUT2D eigenvalue weighted by molar-refractivity contribution is -0.275. The van der Waals surface area contributed by atoms with E-state index in [-0.39, 0.29) is 40.0 Å². The molecule has 21 heteroatoms. The molecule has 368 valence electrons. The molecule has 0 spiro atoms. The third-order valence-corrected chi connectivity index (χ3v) is 11.3. The summed E-state index contributed by atoms with van der Waals surface area (Å²) in [6.45, 7) is 1.97. The van der Waals surface area contributed by atoms with Gasteiger partial charge in [-0.25, -0.2) is 13.1 Å². The first-order valence-corrected chi connectivity index (χ1v) is 23.1. The van der Waals surface area contributed by atoms with E-state index in [1.165, 1.54) is 66.7 Å². The molecule has 0 saturated carbocycles. The summed E-state index contributed by atoms with van der Waals surface area (Å²) in [5.74, 6) is 14.0. The fourth-order valence-electron chi connectivity index (χ4n) is 5.86. The SMILES string of the molecule is CCCCCC(=O)NS(=O)(=O)c1ccccc1NC(=O)c1ccc(C#Cc2ccc(OC(F)(F)F)cc2)cc1.NOOSc1ccccc1NC(=O)c1ccc(C#Cc2ccc(OC(F)(F)F)cc2)cc1. The van der Waals surface area contributed by atoms with E-state index >= 15 is 0 Å². The van der Waals surface area contributed by atoms with E-state index in [2.05, 4.69) is 53.1 Å². The van der Waals surface area contributed by atoms with Crippen molar-refractivity contribution in [3.63, 3.8) is 0 Å². The Kier molecular flexibility index (Phi) is 19.6. The molecule has 13 nitrogen and oxygen atoms in total. The normalized spacial score (nSPS) is 11.0. The van der Waals surface area contributed by atoms with Gasteiger partial charge in [-0.3, -0.25) is 14.4 Å². The number of nitrogens with one attached hydrogen (secondary N) is 3. The number of para-hydroxylation sites is 2. The number of hydrogen-bond acceptors (Lipinski definition) is 11. The van der Waals surface area contributed by atoms with Crippen molar-refractivity contribution in [1.29, 1.82) is 0 Å². The number of unbranched alkanes of at least 4 members (excludes halogenated alkanes) is 2. The van der Waals surface area contributed by atoms with Crippen LogP contribution in [-0.2, 0) is 24.1 Å². The highest BCUT2D eigenvalue weighted by Crippen LogP contribution is 2.29. The number of halogens is 6. The zero-order valence-corrected chi connectivity index (χ0v) is 38.7. The standard InChI is InChI=1S/C28H25F3N2O5S.C22H15F3N2O4S/c1-2-3-4-9-26(34)33-39(36,37)25-8-6-5-7-24(25)32-27(35)22-16-12-20(13-17-22)10-11-21-14-18-23(19-15-21)38-28(29,30)31;23-22(24,25)29-18-13-9-16(10-14-18)6-5-15-7-11-17(12-8-15)21(28)27-19-3-1-2-4-20(19)32-31-30-26/h5-8,12-19H,2-4,9H2,1H3,(H,32,35)(H,33,34);1-4,7-14H,26H2,(H,27,28). The van der Waals surface area contributed by atoms with Crippen molar-refractivity contribution < 1.29 is 67.9 Å². The molecule has 0 aliphatic carbocycles. The number of carbonyl (C=O) groups excluding carboxylic acids is 3. The number of rotatable bonds is 15. The highest BCUT2D eigenvalue weighted by molar-refractivity contribution is 7.94. The summed E-state index contributed by atoms with van der Waals surface area (Å²) in [6, 6.07) is 35.6. The Hall–Kier alpha value is -7.79. The van der Waals surface area contributed by atoms with Gasteiger partial charge >= 0.3 is 12.7 Å². The van der Waals surface area contributed by atoms with Gasteiger partial charge < -0.3 is 20.1 Å². The second-order valence-electron chi connectivity index (χ2n) is 14.4. The summed E-state index contributed by atoms with van der Waals surface area (Å²) in [5, 5.41) is 5.33. The average molecular weight is 1020 g/mol. The number of anilines is 2. The molecular weight excluding hydrogens is 979 g/mol. The summed E-state index contributed by atoms with van der Waals surface area (Å²) in [7, 11) is -4.20. The van der Waals surface area contributed by atoms with Crippen LogP contribution in [-0.4, -0.2) is 38.9 Å². The summed E-state index contributed by atoms with van der Waals surface area (Å²) in [5.41, 5.74) is 3.29. The minimum atomic E-state index is -4.78. The molecule has 0 unspecified atom stereocenters. The molecule has 3 amide bonds. The van der Waals surface area contributed by atoms with Crippen LogP contribution in [0.3, 0.4) is 0 Å². The van der Waals surface area contributed by atoms with Gasteiger partial charge in [0.25, 0.3) is 21.8 Å². The number of ether oxygens (including phenoxy) is 2. The molecule has 0 aliphatic heterocycles. The van der Waals surface area contributed by atoms with E-state index in [0.717, 1.165) is 37.0 Å². The molecule has 0 aromatic heterocycles. The van der Waals surface area contributed by atoms with E-state index < -0.39 is 34.6 Å². The maximum absolute atomic E-state index is 12.8. The van der Waals surface area contributed by atoms with E-state index in [9.17, 15) is 49.1 Å². The molecule has 0 heterocycles. The van der Waals surface area contributed by atoms with Gasteiger partial charge in [0.05, 0.1) is 28.3 Å². The monoisotopic (exact) mass is 1020 g/mol. The zero-order valence-electron chi connectivity index (χ0n) is 37.0. The van der Waals surface area contributed by atoms with Gasteiger partial charge in [0, 0.05) is 39.8 Å². The second-order valence-corrected chi connectivity index (χ2v) is 16.8. The first-order chi connectivity index (χ1) is 33.8. The van der Waals surface area contributed by atoms with Crippen LogP contribution >= 0.6 is 12.0 Å². The van der Waals surface area contributed by atoms with Crippen LogP contribution in [0.15, 0.2) is 155 Å². The van der Waals surface area contributed by atoms with E-state index in [4.69, 9.17) is 5.90 Å². The quantitative estimate of drug-likeness (QED) is 0.0192. The lowest BCUT2D eigenvalue weighted by Crippen LogP contribution is -2.31. The van der Waals surface area contributed by atoms with Crippen molar-refractivity contribution in [2.45, 2.75) is 55.1 Å². The zero-order chi connectivity index (χ0) is 51.4. The maximum Gasteiger partial charge on any atom is 0.573 e. The first kappa shape index (κ1) is 54.2. The molecule has 0 saturated heterocycles. The van der Waals surface area contributed by atoms with Gasteiger partial charge in [-0.05, 0) is 128 Å². The van der Waals surface area contributed by atoms with Gasteiger partial charge in [-0.2, -0.15) is 5.90 Å². The molecular formula is C50H40F6N4O9S2. The Morgan fingerprint density at radius 1 is 0.577 bits per heavy atom. The molecule has 0 radical (unpaired) electrons. The van der Waals surface area contributed by atoms with Gasteiger partial charge in [-0.15, -0.1) is 35.7 Å². The molecule has 0 fully saturated rings. The van der Waals surface area contributed by atoms with Gasteiger partial charge in [0.15, 0.2) is 0 Å². The van der Waals surface area contributed by atoms with Crippen molar-refractivity contribution in [2.75, 3.05) is 10.6 Å². The molecule has 6 aromatic rings. The predicted molar refractivity (Wildman–Crippen MR) is 252 cm³/mol. The number of carbonyl (C=O) groups is 3. The van der Waals surface area contributed by atoms with Crippen LogP contribution in [0.4, 0.5) is 37.7 Å². The van der Waals surface area contributed by atoms with E-state index in [1.807, 2.05) is 11.6 Å². The summed E-state index contributed by atoms with van der Waals surface area (Å²) < 4.78 is 113. The number of sulfonamides is 1. The molecule has 6 aromatic carbocycles. The topological polar surface area (TPSA) is 184 Å². The van der Waals surface area contributed by atoms with Gasteiger partial charge in [0.1, 0.15) is 16.4 Å². The Balaban J connectivity index is 0.000000269. The molecule has 0 aliphatic rings. The smallest absolute Gasteiger partial charge is 0.406 e. The van der Waals surface area contributed by atoms with Crippen LogP contribution in [0.25, 0.3) is 0 Å². The fraction of sp³-hybridized carbons (Fsp3) is 0.140. The molecule has 5 N–H and O–H groups in total. The van der Waals surface area contributed by atoms with Crippen LogP contribution in [0.2, 0.25) is 0 Å². The number of alkyl halides is 6. The number of hydrogen-bond donors (Lipinski definition) is 4. The second kappa shape index (κ2) is 25.7. The van der Waals surface area contributed by atoms with Crippen LogP contribution in [0.5, 0.6) is 11.5 Å². The van der Waals surface area contributed by atoms with Crippen molar-refractivity contribution >= 4 is 51.2 Å². The van der Waals surface area contributed by atoms with E-state index in [0.29, 0.717) is 44.8 Å². The third-order valence-electron chi connectivity index (χ3n) is 9.15. The highest BCUT2D eigenvalue weighted by Gasteiger charge is 2.31. The molecule has 71 heavy (non-hydrogen) atoms. The summed E-state index contributed by atoms with van der Waals surface area (Å²) in [6.07, 6.45) is -7.18. The lowest BCUT2D eigenvalue weighted by atomic mass is 10.1. The van der Waals surface area contributed by atoms with E-state index in [1.54, 1.807) is 66.7 Å². The lowest BCUT2D eigenvalue weighted by Gasteiger charge is -2.12. The Morgan fingerprint density at radius 3 is 1.42 bits per heavy atom. The van der Waals surface area contributed by atoms with Crippen LogP contribution in [0.1, 0.15) is 75.6 Å². The first-order valence-electron chi connectivity index (χ1n) is 20.8. The minimum Gasteiger partial charge on any atom is -0.406 e. The Morgan fingerprint density at radius 2 is 0.986 bits per heavy atom. The predicted octanol–water partition coefficient (Wildman–Crippen LogP) is 10.7. The Bertz CT molecular complexity index is 3010. The van der Waals surface area contributed by atoms with Crippen molar-refractivity contribution in [2.24, 2.45) is 5.90 Å². The summed E-state index contributed by atoms with van der Waals surface area (Å²) in [4.78, 5) is 41.8. The average Bonchev–Trinajstić information content (AvgIpc) is 3.33. The maximum atomic E-state index is 12.8.